The summed E-state index contributed by atoms with van der Waals surface area (Å²) in [5, 5.41) is 34.1. The first kappa shape index (κ1) is 22.2. The van der Waals surface area contributed by atoms with Crippen LogP contribution in [0.4, 0.5) is 0 Å². The third-order valence-corrected chi connectivity index (χ3v) is 7.33. The maximum Gasteiger partial charge on any atom is 0.310 e. The summed E-state index contributed by atoms with van der Waals surface area (Å²) in [5.41, 5.74) is -2.77. The number of nitrogens with zero attached hydrogens (tertiary/aromatic N) is 1. The van der Waals surface area contributed by atoms with E-state index in [4.69, 9.17) is 21.1 Å². The molecule has 1 fully saturated rings. The van der Waals surface area contributed by atoms with Crippen LogP contribution in [0.15, 0.2) is 65.1 Å². The molecule has 170 valence electrons. The Balaban J connectivity index is 1.90. The average molecular weight is 533 g/mol. The van der Waals surface area contributed by atoms with Crippen molar-refractivity contribution in [2.75, 3.05) is 7.11 Å². The Labute approximate surface area is 202 Å². The molecule has 5 atom stereocenters. The van der Waals surface area contributed by atoms with E-state index >= 15 is 0 Å². The predicted molar refractivity (Wildman–Crippen MR) is 122 cm³/mol. The third kappa shape index (κ3) is 2.88. The highest BCUT2D eigenvalue weighted by Gasteiger charge is 2.78. The van der Waals surface area contributed by atoms with Crippen molar-refractivity contribution in [1.29, 1.82) is 0 Å². The van der Waals surface area contributed by atoms with Crippen molar-refractivity contribution in [2.45, 2.75) is 23.2 Å². The number of carbonyl (C=O) groups is 1. The maximum absolute atomic E-state index is 12.5. The van der Waals surface area contributed by atoms with Crippen molar-refractivity contribution >= 4 is 33.5 Å². The number of rotatable bonds is 4. The SMILES string of the molecule is COc1nc(Cl)cc2c1C1(O)C(O)C(C(=O)O)C(c3ccccc3)C1(c1ccc(Br)cc1)O2. The predicted octanol–water partition coefficient (Wildman–Crippen LogP) is 3.84. The zero-order chi connectivity index (χ0) is 23.5. The number of hydrogen-bond acceptors (Lipinski definition) is 6. The second kappa shape index (κ2) is 7.70. The van der Waals surface area contributed by atoms with E-state index in [1.54, 1.807) is 54.6 Å². The molecule has 7 nitrogen and oxygen atoms in total. The first-order valence-corrected chi connectivity index (χ1v) is 11.3. The number of carboxylic acid groups (broad SMARTS) is 1. The number of carboxylic acids is 1. The minimum absolute atomic E-state index is 0.0455. The molecule has 2 aliphatic rings. The second-order valence-corrected chi connectivity index (χ2v) is 9.44. The third-order valence-electron chi connectivity index (χ3n) is 6.61. The molecular formula is C24H19BrClNO6. The van der Waals surface area contributed by atoms with Crippen LogP contribution in [0.2, 0.25) is 5.15 Å². The highest BCUT2D eigenvalue weighted by molar-refractivity contribution is 9.10. The first-order chi connectivity index (χ1) is 15.8. The monoisotopic (exact) mass is 531 g/mol. The Morgan fingerprint density at radius 3 is 2.45 bits per heavy atom. The molecule has 5 rings (SSSR count). The van der Waals surface area contributed by atoms with Crippen LogP contribution >= 0.6 is 27.5 Å². The van der Waals surface area contributed by atoms with Gasteiger partial charge in [-0.1, -0.05) is 70.0 Å². The number of ether oxygens (including phenoxy) is 2. The Hall–Kier alpha value is -2.65. The number of aliphatic hydroxyl groups is 2. The van der Waals surface area contributed by atoms with Crippen LogP contribution in [0.3, 0.4) is 0 Å². The van der Waals surface area contributed by atoms with Crippen molar-refractivity contribution in [3.05, 3.63) is 87.0 Å². The summed E-state index contributed by atoms with van der Waals surface area (Å²) in [4.78, 5) is 16.7. The van der Waals surface area contributed by atoms with Crippen molar-refractivity contribution in [2.24, 2.45) is 5.92 Å². The highest BCUT2D eigenvalue weighted by atomic mass is 79.9. The number of methoxy groups -OCH3 is 1. The average Bonchev–Trinajstić information content (AvgIpc) is 3.17. The highest BCUT2D eigenvalue weighted by Crippen LogP contribution is 2.69. The van der Waals surface area contributed by atoms with E-state index in [1.807, 2.05) is 0 Å². The molecule has 1 aliphatic carbocycles. The van der Waals surface area contributed by atoms with Gasteiger partial charge in [0.2, 0.25) is 5.88 Å². The van der Waals surface area contributed by atoms with E-state index in [0.717, 1.165) is 4.47 Å². The number of fused-ring (bicyclic) bond motifs is 3. The fraction of sp³-hybridized carbons (Fsp3) is 0.250. The summed E-state index contributed by atoms with van der Waals surface area (Å²) < 4.78 is 12.7. The van der Waals surface area contributed by atoms with E-state index in [2.05, 4.69) is 20.9 Å². The summed E-state index contributed by atoms with van der Waals surface area (Å²) in [5.74, 6) is -3.50. The molecule has 0 radical (unpaired) electrons. The van der Waals surface area contributed by atoms with Crippen LogP contribution in [0.1, 0.15) is 22.6 Å². The van der Waals surface area contributed by atoms with E-state index in [0.29, 0.717) is 11.1 Å². The Morgan fingerprint density at radius 1 is 1.18 bits per heavy atom. The van der Waals surface area contributed by atoms with E-state index in [-0.39, 0.29) is 22.3 Å². The van der Waals surface area contributed by atoms with Gasteiger partial charge < -0.3 is 24.8 Å². The zero-order valence-electron chi connectivity index (χ0n) is 17.3. The van der Waals surface area contributed by atoms with Gasteiger partial charge in [0.05, 0.1) is 18.6 Å². The topological polar surface area (TPSA) is 109 Å². The molecule has 2 aromatic carbocycles. The molecule has 0 saturated heterocycles. The van der Waals surface area contributed by atoms with Crippen LogP contribution in [-0.2, 0) is 16.0 Å². The van der Waals surface area contributed by atoms with Crippen LogP contribution in [-0.4, -0.2) is 39.5 Å². The lowest BCUT2D eigenvalue weighted by Gasteiger charge is -2.40. The summed E-state index contributed by atoms with van der Waals surface area (Å²) >= 11 is 9.59. The Bertz CT molecular complexity index is 1240. The minimum atomic E-state index is -2.21. The molecule has 1 saturated carbocycles. The quantitative estimate of drug-likeness (QED) is 0.438. The smallest absolute Gasteiger partial charge is 0.310 e. The van der Waals surface area contributed by atoms with Gasteiger partial charge >= 0.3 is 5.97 Å². The molecule has 0 bridgehead atoms. The van der Waals surface area contributed by atoms with Gasteiger partial charge in [0.15, 0.2) is 11.2 Å². The molecule has 3 aromatic rings. The fourth-order valence-electron chi connectivity index (χ4n) is 5.39. The number of hydrogen-bond donors (Lipinski definition) is 3. The number of halogens is 2. The van der Waals surface area contributed by atoms with Gasteiger partial charge in [-0.15, -0.1) is 0 Å². The largest absolute Gasteiger partial charge is 0.481 e. The van der Waals surface area contributed by atoms with Gasteiger partial charge in [-0.25, -0.2) is 4.98 Å². The van der Waals surface area contributed by atoms with Crippen molar-refractivity contribution < 1.29 is 29.6 Å². The van der Waals surface area contributed by atoms with E-state index in [9.17, 15) is 20.1 Å². The van der Waals surface area contributed by atoms with Crippen LogP contribution in [0, 0.1) is 5.92 Å². The molecule has 3 N–H and O–H groups in total. The Morgan fingerprint density at radius 2 is 1.85 bits per heavy atom. The van der Waals surface area contributed by atoms with Crippen molar-refractivity contribution in [3.8, 4) is 11.6 Å². The molecule has 5 unspecified atom stereocenters. The van der Waals surface area contributed by atoms with Gasteiger partial charge in [0.1, 0.15) is 17.0 Å². The minimum Gasteiger partial charge on any atom is -0.481 e. The number of aromatic nitrogens is 1. The van der Waals surface area contributed by atoms with Gasteiger partial charge in [-0.2, -0.15) is 0 Å². The van der Waals surface area contributed by atoms with Gasteiger partial charge in [0, 0.05) is 16.5 Å². The van der Waals surface area contributed by atoms with Gasteiger partial charge in [-0.3, -0.25) is 4.79 Å². The first-order valence-electron chi connectivity index (χ1n) is 10.1. The van der Waals surface area contributed by atoms with Gasteiger partial charge in [-0.05, 0) is 23.3 Å². The lowest BCUT2D eigenvalue weighted by atomic mass is 9.71. The van der Waals surface area contributed by atoms with Gasteiger partial charge in [0.25, 0.3) is 0 Å². The number of pyridine rings is 1. The van der Waals surface area contributed by atoms with Crippen LogP contribution in [0.5, 0.6) is 11.6 Å². The summed E-state index contributed by atoms with van der Waals surface area (Å²) in [6.07, 6.45) is -1.75. The molecule has 1 aliphatic heterocycles. The molecule has 0 amide bonds. The molecule has 1 aromatic heterocycles. The second-order valence-electron chi connectivity index (χ2n) is 8.14. The number of benzene rings is 2. The lowest BCUT2D eigenvalue weighted by molar-refractivity contribution is -0.159. The fourth-order valence-corrected chi connectivity index (χ4v) is 5.83. The Kier molecular flexibility index (Phi) is 5.17. The molecule has 0 spiro atoms. The standard InChI is InChI=1S/C24H19BrClNO6/c1-32-21-19-15(11-16(26)27-21)33-24(13-7-9-14(25)10-8-13)18(12-5-3-2-4-6-12)17(22(29)30)20(28)23(19,24)31/h2-11,17-18,20,28,31H,1H3,(H,29,30). The van der Waals surface area contributed by atoms with Crippen LogP contribution < -0.4 is 9.47 Å². The summed E-state index contributed by atoms with van der Waals surface area (Å²) in [6.45, 7) is 0. The number of aliphatic hydroxyl groups excluding tert-OH is 1. The molecule has 2 heterocycles. The number of aliphatic carboxylic acids is 1. The molecule has 33 heavy (non-hydrogen) atoms. The normalized spacial score (nSPS) is 29.8. The van der Waals surface area contributed by atoms with Crippen molar-refractivity contribution in [3.63, 3.8) is 0 Å². The zero-order valence-corrected chi connectivity index (χ0v) is 19.6. The molecular weight excluding hydrogens is 514 g/mol. The van der Waals surface area contributed by atoms with E-state index < -0.39 is 35.1 Å². The summed E-state index contributed by atoms with van der Waals surface area (Å²) in [7, 11) is 1.35. The maximum atomic E-state index is 12.5. The molecule has 9 heteroatoms. The lowest BCUT2D eigenvalue weighted by Crippen LogP contribution is -2.52. The van der Waals surface area contributed by atoms with E-state index in [1.165, 1.54) is 13.2 Å². The van der Waals surface area contributed by atoms with Crippen molar-refractivity contribution in [1.82, 2.24) is 4.98 Å². The van der Waals surface area contributed by atoms with Crippen LogP contribution in [0.25, 0.3) is 0 Å². The summed E-state index contributed by atoms with van der Waals surface area (Å²) in [6, 6.07) is 17.3.